The van der Waals surface area contributed by atoms with Gasteiger partial charge in [-0.15, -0.1) is 11.8 Å². The van der Waals surface area contributed by atoms with Crippen LogP contribution < -0.4 is 5.32 Å². The zero-order chi connectivity index (χ0) is 16.2. The maximum absolute atomic E-state index is 12.1. The summed E-state index contributed by atoms with van der Waals surface area (Å²) in [4.78, 5) is 25.2. The highest BCUT2D eigenvalue weighted by atomic mass is 79.9. The summed E-state index contributed by atoms with van der Waals surface area (Å²) in [5.41, 5.74) is 1.08. The second-order valence-electron chi connectivity index (χ2n) is 5.12. The first-order chi connectivity index (χ1) is 11.1. The quantitative estimate of drug-likeness (QED) is 0.843. The van der Waals surface area contributed by atoms with Gasteiger partial charge in [0.1, 0.15) is 12.4 Å². The molecule has 0 atom stereocenters. The van der Waals surface area contributed by atoms with Crippen molar-refractivity contribution < 1.29 is 9.59 Å². The van der Waals surface area contributed by atoms with Gasteiger partial charge in [0.25, 0.3) is 0 Å². The Morgan fingerprint density at radius 3 is 2.78 bits per heavy atom. The largest absolute Gasteiger partial charge is 0.323 e. The molecule has 1 aromatic heterocycles. The van der Waals surface area contributed by atoms with Crippen LogP contribution in [0.2, 0.25) is 0 Å². The highest BCUT2D eigenvalue weighted by Gasteiger charge is 2.23. The molecular formula is C15H15BrN4O2S. The first kappa shape index (κ1) is 16.1. The van der Waals surface area contributed by atoms with E-state index in [0.717, 1.165) is 10.0 Å². The fraction of sp³-hybridized carbons (Fsp3) is 0.267. The summed E-state index contributed by atoms with van der Waals surface area (Å²) in [6.07, 6.45) is 1.64. The molecule has 0 bridgehead atoms. The zero-order valence-electron chi connectivity index (χ0n) is 12.2. The number of carbonyl (C=O) groups excluding carboxylic acids is 2. The van der Waals surface area contributed by atoms with E-state index < -0.39 is 0 Å². The van der Waals surface area contributed by atoms with Gasteiger partial charge in [-0.05, 0) is 17.7 Å². The van der Waals surface area contributed by atoms with E-state index in [2.05, 4.69) is 26.3 Å². The molecule has 0 radical (unpaired) electrons. The van der Waals surface area contributed by atoms with Crippen molar-refractivity contribution in [3.8, 4) is 0 Å². The van der Waals surface area contributed by atoms with Gasteiger partial charge in [0.05, 0.1) is 24.4 Å². The van der Waals surface area contributed by atoms with E-state index in [4.69, 9.17) is 0 Å². The van der Waals surface area contributed by atoms with Gasteiger partial charge in [-0.25, -0.2) is 4.68 Å². The monoisotopic (exact) mass is 394 g/mol. The van der Waals surface area contributed by atoms with Gasteiger partial charge in [-0.2, -0.15) is 5.10 Å². The average molecular weight is 395 g/mol. The van der Waals surface area contributed by atoms with Crippen molar-refractivity contribution in [2.24, 2.45) is 0 Å². The van der Waals surface area contributed by atoms with Crippen molar-refractivity contribution >= 4 is 45.3 Å². The molecule has 2 heterocycles. The fourth-order valence-electron chi connectivity index (χ4n) is 2.22. The summed E-state index contributed by atoms with van der Waals surface area (Å²) in [7, 11) is 0. The molecule has 120 valence electrons. The van der Waals surface area contributed by atoms with Gasteiger partial charge in [0.2, 0.25) is 11.8 Å². The normalized spacial score (nSPS) is 14.3. The van der Waals surface area contributed by atoms with E-state index >= 15 is 0 Å². The maximum Gasteiger partial charge on any atom is 0.245 e. The topological polar surface area (TPSA) is 67.2 Å². The number of nitrogens with one attached hydrogen (secondary N) is 1. The van der Waals surface area contributed by atoms with Crippen LogP contribution in [-0.2, 0) is 16.1 Å². The number of hydrogen-bond donors (Lipinski definition) is 1. The van der Waals surface area contributed by atoms with E-state index in [1.807, 2.05) is 24.3 Å². The van der Waals surface area contributed by atoms with Crippen molar-refractivity contribution in [1.82, 2.24) is 14.7 Å². The second-order valence-corrected chi connectivity index (χ2v) is 6.99. The van der Waals surface area contributed by atoms with E-state index in [0.29, 0.717) is 24.0 Å². The van der Waals surface area contributed by atoms with Gasteiger partial charge in [0.15, 0.2) is 0 Å². The van der Waals surface area contributed by atoms with Crippen LogP contribution in [0.4, 0.5) is 5.82 Å². The molecule has 8 heteroatoms. The van der Waals surface area contributed by atoms with Crippen LogP contribution in [0.5, 0.6) is 0 Å². The summed E-state index contributed by atoms with van der Waals surface area (Å²) in [6, 6.07) is 9.67. The van der Waals surface area contributed by atoms with E-state index in [-0.39, 0.29) is 18.4 Å². The molecule has 23 heavy (non-hydrogen) atoms. The third-order valence-corrected chi connectivity index (χ3v) is 4.86. The number of thioether (sulfide) groups is 1. The van der Waals surface area contributed by atoms with Crippen LogP contribution in [0.1, 0.15) is 5.56 Å². The Kier molecular flexibility index (Phi) is 5.02. The third-order valence-electron chi connectivity index (χ3n) is 3.39. The Hall–Kier alpha value is -1.80. The van der Waals surface area contributed by atoms with Gasteiger partial charge in [0, 0.05) is 10.5 Å². The van der Waals surface area contributed by atoms with Gasteiger partial charge < -0.3 is 10.2 Å². The molecule has 1 N–H and O–H groups in total. The molecule has 1 aromatic carbocycles. The van der Waals surface area contributed by atoms with Crippen molar-refractivity contribution in [2.45, 2.75) is 6.54 Å². The van der Waals surface area contributed by atoms with Crippen molar-refractivity contribution in [3.63, 3.8) is 0 Å². The summed E-state index contributed by atoms with van der Waals surface area (Å²) in [5, 5.41) is 7.06. The molecule has 2 aromatic rings. The molecule has 1 fully saturated rings. The fourth-order valence-corrected chi connectivity index (χ4v) is 3.39. The highest BCUT2D eigenvalue weighted by Crippen LogP contribution is 2.16. The standard InChI is InChI=1S/C15H15BrN4O2S/c16-12-3-1-11(2-4-12)7-20-13(5-6-17-20)18-14(21)8-19-10-23-9-15(19)22/h1-6H,7-10H2,(H,18,21). The number of rotatable bonds is 5. The Morgan fingerprint density at radius 1 is 1.30 bits per heavy atom. The van der Waals surface area contributed by atoms with Crippen molar-refractivity contribution in [1.29, 1.82) is 0 Å². The summed E-state index contributed by atoms with van der Waals surface area (Å²) in [5.74, 6) is 1.45. The number of amides is 2. The number of anilines is 1. The molecule has 1 saturated heterocycles. The lowest BCUT2D eigenvalue weighted by Crippen LogP contribution is -2.34. The second kappa shape index (κ2) is 7.18. The third kappa shape index (κ3) is 4.14. The molecule has 0 unspecified atom stereocenters. The first-order valence-electron chi connectivity index (χ1n) is 7.03. The predicted molar refractivity (Wildman–Crippen MR) is 93.1 cm³/mol. The lowest BCUT2D eigenvalue weighted by atomic mass is 10.2. The first-order valence-corrected chi connectivity index (χ1v) is 8.98. The minimum absolute atomic E-state index is 0.00789. The molecule has 6 nitrogen and oxygen atoms in total. The number of benzene rings is 1. The molecule has 0 aliphatic carbocycles. The summed E-state index contributed by atoms with van der Waals surface area (Å²) >= 11 is 4.92. The maximum atomic E-state index is 12.1. The molecule has 2 amide bonds. The lowest BCUT2D eigenvalue weighted by Gasteiger charge is -2.15. The van der Waals surface area contributed by atoms with E-state index in [9.17, 15) is 9.59 Å². The molecule has 0 saturated carbocycles. The van der Waals surface area contributed by atoms with Crippen molar-refractivity contribution in [2.75, 3.05) is 23.5 Å². The number of aromatic nitrogens is 2. The van der Waals surface area contributed by atoms with Gasteiger partial charge >= 0.3 is 0 Å². The number of halogens is 1. The molecule has 3 rings (SSSR count). The van der Waals surface area contributed by atoms with E-state index in [1.165, 1.54) is 11.8 Å². The molecule has 1 aliphatic rings. The average Bonchev–Trinajstić information content (AvgIpc) is 3.12. The summed E-state index contributed by atoms with van der Waals surface area (Å²) < 4.78 is 2.74. The van der Waals surface area contributed by atoms with Crippen LogP contribution in [0, 0.1) is 0 Å². The van der Waals surface area contributed by atoms with Crippen LogP contribution in [-0.4, -0.2) is 44.7 Å². The Bertz CT molecular complexity index is 717. The minimum Gasteiger partial charge on any atom is -0.323 e. The van der Waals surface area contributed by atoms with Gasteiger partial charge in [-0.3, -0.25) is 9.59 Å². The highest BCUT2D eigenvalue weighted by molar-refractivity contribution is 9.10. The molecular weight excluding hydrogens is 380 g/mol. The minimum atomic E-state index is -0.210. The smallest absolute Gasteiger partial charge is 0.245 e. The van der Waals surface area contributed by atoms with Crippen LogP contribution in [0.3, 0.4) is 0 Å². The zero-order valence-corrected chi connectivity index (χ0v) is 14.6. The Morgan fingerprint density at radius 2 is 2.09 bits per heavy atom. The van der Waals surface area contributed by atoms with Crippen LogP contribution >= 0.6 is 27.7 Å². The van der Waals surface area contributed by atoms with Gasteiger partial charge in [-0.1, -0.05) is 28.1 Å². The van der Waals surface area contributed by atoms with E-state index in [1.54, 1.807) is 21.8 Å². The summed E-state index contributed by atoms with van der Waals surface area (Å²) in [6.45, 7) is 0.643. The number of carbonyl (C=O) groups is 2. The molecule has 0 spiro atoms. The Balaban J connectivity index is 1.62. The SMILES string of the molecule is O=C(CN1CSCC1=O)Nc1ccnn1Cc1ccc(Br)cc1. The number of hydrogen-bond acceptors (Lipinski definition) is 4. The lowest BCUT2D eigenvalue weighted by molar-refractivity contribution is -0.130. The number of nitrogens with zero attached hydrogens (tertiary/aromatic N) is 3. The Labute approximate surface area is 146 Å². The molecule has 1 aliphatic heterocycles. The van der Waals surface area contributed by atoms with Crippen LogP contribution in [0.25, 0.3) is 0 Å². The van der Waals surface area contributed by atoms with Crippen LogP contribution in [0.15, 0.2) is 41.0 Å². The van der Waals surface area contributed by atoms with Crippen molar-refractivity contribution in [3.05, 3.63) is 46.6 Å². The predicted octanol–water partition coefficient (Wildman–Crippen LogP) is 2.17.